The van der Waals surface area contributed by atoms with Gasteiger partial charge in [0, 0.05) is 13.1 Å². The van der Waals surface area contributed by atoms with Gasteiger partial charge < -0.3 is 16.0 Å². The minimum absolute atomic E-state index is 0. The molecule has 120 valence electrons. The first-order valence-corrected chi connectivity index (χ1v) is 7.24. The normalized spacial score (nSPS) is 11.6. The Labute approximate surface area is 146 Å². The molecule has 5 heteroatoms. The lowest BCUT2D eigenvalue weighted by Crippen LogP contribution is -2.32. The average Bonchev–Trinajstić information content (AvgIpc) is 2.36. The predicted octanol–water partition coefficient (Wildman–Crippen LogP) is 2.82. The quantitative estimate of drug-likeness (QED) is 0.418. The van der Waals surface area contributed by atoms with Crippen molar-refractivity contribution in [3.8, 4) is 0 Å². The van der Waals surface area contributed by atoms with Crippen LogP contribution in [0.15, 0.2) is 29.3 Å². The molecule has 0 unspecified atom stereocenters. The Balaban J connectivity index is 0.00000400. The lowest BCUT2D eigenvalue weighted by molar-refractivity contribution is 0.401. The third kappa shape index (κ3) is 8.93. The first-order chi connectivity index (χ1) is 9.49. The van der Waals surface area contributed by atoms with Crippen LogP contribution in [0.5, 0.6) is 0 Å². The lowest BCUT2D eigenvalue weighted by Gasteiger charge is -2.13. The fourth-order valence-corrected chi connectivity index (χ4v) is 1.92. The SMILES string of the molecule is CC(C)CCNC(N)=NCc1ccccc1CN(C)C.I. The van der Waals surface area contributed by atoms with Crippen molar-refractivity contribution in [1.29, 1.82) is 0 Å². The maximum absolute atomic E-state index is 5.89. The standard InChI is InChI=1S/C16H28N4.HI/c1-13(2)9-10-18-16(17)19-11-14-7-5-6-8-15(14)12-20(3)4;/h5-8,13H,9-12H2,1-4H3,(H3,17,18,19);1H. The number of hydrogen-bond donors (Lipinski definition) is 2. The van der Waals surface area contributed by atoms with Gasteiger partial charge in [-0.05, 0) is 37.6 Å². The van der Waals surface area contributed by atoms with Gasteiger partial charge in [-0.2, -0.15) is 0 Å². The molecule has 0 radical (unpaired) electrons. The van der Waals surface area contributed by atoms with Gasteiger partial charge in [-0.1, -0.05) is 38.1 Å². The summed E-state index contributed by atoms with van der Waals surface area (Å²) < 4.78 is 0. The molecule has 3 N–H and O–H groups in total. The summed E-state index contributed by atoms with van der Waals surface area (Å²) in [5.41, 5.74) is 8.42. The highest BCUT2D eigenvalue weighted by atomic mass is 127. The number of hydrogen-bond acceptors (Lipinski definition) is 2. The molecule has 0 saturated carbocycles. The Hall–Kier alpha value is -0.820. The molecule has 0 aliphatic heterocycles. The van der Waals surface area contributed by atoms with Crippen LogP contribution in [0, 0.1) is 5.92 Å². The van der Waals surface area contributed by atoms with Gasteiger partial charge in [0.1, 0.15) is 0 Å². The highest BCUT2D eigenvalue weighted by molar-refractivity contribution is 14.0. The summed E-state index contributed by atoms with van der Waals surface area (Å²) in [4.78, 5) is 6.58. The summed E-state index contributed by atoms with van der Waals surface area (Å²) in [5, 5.41) is 3.16. The number of nitrogens with two attached hydrogens (primary N) is 1. The van der Waals surface area contributed by atoms with E-state index in [-0.39, 0.29) is 24.0 Å². The monoisotopic (exact) mass is 404 g/mol. The van der Waals surface area contributed by atoms with Crippen molar-refractivity contribution in [3.63, 3.8) is 0 Å². The van der Waals surface area contributed by atoms with Gasteiger partial charge in [0.25, 0.3) is 0 Å². The fraction of sp³-hybridized carbons (Fsp3) is 0.562. The molecular weight excluding hydrogens is 375 g/mol. The maximum atomic E-state index is 5.89. The zero-order chi connectivity index (χ0) is 15.0. The summed E-state index contributed by atoms with van der Waals surface area (Å²) in [7, 11) is 4.14. The van der Waals surface area contributed by atoms with Gasteiger partial charge >= 0.3 is 0 Å². The Morgan fingerprint density at radius 3 is 2.43 bits per heavy atom. The molecular formula is C16H29IN4. The van der Waals surface area contributed by atoms with Crippen LogP contribution < -0.4 is 11.1 Å². The molecule has 0 saturated heterocycles. The molecule has 1 aromatic rings. The van der Waals surface area contributed by atoms with E-state index >= 15 is 0 Å². The molecule has 0 spiro atoms. The highest BCUT2D eigenvalue weighted by Gasteiger charge is 2.02. The summed E-state index contributed by atoms with van der Waals surface area (Å²) in [6.45, 7) is 6.84. The Morgan fingerprint density at radius 1 is 1.24 bits per heavy atom. The zero-order valence-electron chi connectivity index (χ0n) is 13.6. The van der Waals surface area contributed by atoms with Crippen LogP contribution in [0.3, 0.4) is 0 Å². The Kier molecular flexibility index (Phi) is 10.4. The van der Waals surface area contributed by atoms with Crippen molar-refractivity contribution in [2.24, 2.45) is 16.6 Å². The minimum atomic E-state index is 0. The number of nitrogens with one attached hydrogen (secondary N) is 1. The largest absolute Gasteiger partial charge is 0.370 e. The van der Waals surface area contributed by atoms with Crippen molar-refractivity contribution in [3.05, 3.63) is 35.4 Å². The Bertz CT molecular complexity index is 430. The van der Waals surface area contributed by atoms with Crippen LogP contribution in [0.1, 0.15) is 31.4 Å². The zero-order valence-corrected chi connectivity index (χ0v) is 15.9. The maximum Gasteiger partial charge on any atom is 0.188 e. The Morgan fingerprint density at radius 2 is 1.86 bits per heavy atom. The first-order valence-electron chi connectivity index (χ1n) is 7.24. The van der Waals surface area contributed by atoms with Gasteiger partial charge in [0.05, 0.1) is 6.54 Å². The highest BCUT2D eigenvalue weighted by Crippen LogP contribution is 2.11. The summed E-state index contributed by atoms with van der Waals surface area (Å²) in [6.07, 6.45) is 1.10. The van der Waals surface area contributed by atoms with Gasteiger partial charge in [-0.15, -0.1) is 24.0 Å². The average molecular weight is 404 g/mol. The number of rotatable bonds is 7. The molecule has 0 aliphatic rings. The summed E-state index contributed by atoms with van der Waals surface area (Å²) >= 11 is 0. The second kappa shape index (κ2) is 10.8. The van der Waals surface area contributed by atoms with Gasteiger partial charge in [0.15, 0.2) is 5.96 Å². The second-order valence-electron chi connectivity index (χ2n) is 5.82. The smallest absolute Gasteiger partial charge is 0.188 e. The van der Waals surface area contributed by atoms with Gasteiger partial charge in [-0.25, -0.2) is 4.99 Å². The molecule has 0 heterocycles. The van der Waals surface area contributed by atoms with E-state index in [0.717, 1.165) is 19.5 Å². The molecule has 4 nitrogen and oxygen atoms in total. The summed E-state index contributed by atoms with van der Waals surface area (Å²) in [6, 6.07) is 8.37. The van der Waals surface area contributed by atoms with Crippen molar-refractivity contribution >= 4 is 29.9 Å². The molecule has 0 amide bonds. The van der Waals surface area contributed by atoms with Crippen molar-refractivity contribution in [2.45, 2.75) is 33.4 Å². The molecule has 0 atom stereocenters. The van der Waals surface area contributed by atoms with Crippen LogP contribution in [-0.4, -0.2) is 31.5 Å². The van der Waals surface area contributed by atoms with Gasteiger partial charge in [0.2, 0.25) is 0 Å². The third-order valence-electron chi connectivity index (χ3n) is 3.05. The van der Waals surface area contributed by atoms with E-state index in [0.29, 0.717) is 18.4 Å². The van der Waals surface area contributed by atoms with Crippen molar-refractivity contribution in [1.82, 2.24) is 10.2 Å². The summed E-state index contributed by atoms with van der Waals surface area (Å²) in [5.74, 6) is 1.21. The molecule has 0 bridgehead atoms. The third-order valence-corrected chi connectivity index (χ3v) is 3.05. The van der Waals surface area contributed by atoms with E-state index in [2.05, 4.69) is 61.4 Å². The van der Waals surface area contributed by atoms with Crippen LogP contribution in [0.2, 0.25) is 0 Å². The molecule has 0 aromatic heterocycles. The molecule has 0 fully saturated rings. The minimum Gasteiger partial charge on any atom is -0.370 e. The number of halogens is 1. The molecule has 0 aliphatic carbocycles. The number of aliphatic imine (C=N–C) groups is 1. The van der Waals surface area contributed by atoms with Crippen LogP contribution in [0.4, 0.5) is 0 Å². The van der Waals surface area contributed by atoms with Crippen molar-refractivity contribution < 1.29 is 0 Å². The molecule has 1 aromatic carbocycles. The number of benzene rings is 1. The molecule has 1 rings (SSSR count). The molecule has 21 heavy (non-hydrogen) atoms. The van der Waals surface area contributed by atoms with E-state index in [4.69, 9.17) is 5.73 Å². The number of guanidine groups is 1. The van der Waals surface area contributed by atoms with E-state index < -0.39 is 0 Å². The van der Waals surface area contributed by atoms with Gasteiger partial charge in [-0.3, -0.25) is 0 Å². The van der Waals surface area contributed by atoms with E-state index in [1.165, 1.54) is 11.1 Å². The van der Waals surface area contributed by atoms with E-state index in [1.54, 1.807) is 0 Å². The lowest BCUT2D eigenvalue weighted by atomic mass is 10.1. The number of nitrogens with zero attached hydrogens (tertiary/aromatic N) is 2. The predicted molar refractivity (Wildman–Crippen MR) is 102 cm³/mol. The van der Waals surface area contributed by atoms with E-state index in [1.807, 2.05) is 6.07 Å². The van der Waals surface area contributed by atoms with Crippen molar-refractivity contribution in [2.75, 3.05) is 20.6 Å². The fourth-order valence-electron chi connectivity index (χ4n) is 1.92. The first kappa shape index (κ1) is 20.2. The second-order valence-corrected chi connectivity index (χ2v) is 5.82. The van der Waals surface area contributed by atoms with Crippen LogP contribution >= 0.6 is 24.0 Å². The van der Waals surface area contributed by atoms with Crippen LogP contribution in [0.25, 0.3) is 0 Å². The topological polar surface area (TPSA) is 53.6 Å². The van der Waals surface area contributed by atoms with Crippen LogP contribution in [-0.2, 0) is 13.1 Å². The van der Waals surface area contributed by atoms with E-state index in [9.17, 15) is 0 Å².